The lowest BCUT2D eigenvalue weighted by atomic mass is 10.0. The van der Waals surface area contributed by atoms with Crippen LogP contribution in [-0.4, -0.2) is 40.2 Å². The Balaban J connectivity index is 1.57. The Morgan fingerprint density at radius 3 is 3.14 bits per heavy atom. The van der Waals surface area contributed by atoms with Crippen LogP contribution in [0, 0.1) is 0 Å². The molecule has 2 aromatic rings. The number of fused-ring (bicyclic) bond motifs is 1. The van der Waals surface area contributed by atoms with Crippen LogP contribution >= 0.6 is 0 Å². The number of rotatable bonds is 2. The molecule has 0 N–H and O–H groups in total. The molecule has 0 spiro atoms. The number of ether oxygens (including phenoxy) is 2. The van der Waals surface area contributed by atoms with Crippen LogP contribution < -0.4 is 9.47 Å². The Morgan fingerprint density at radius 1 is 1.32 bits per heavy atom. The highest BCUT2D eigenvalue weighted by Crippen LogP contribution is 2.36. The number of imidazole rings is 1. The lowest BCUT2D eigenvalue weighted by Crippen LogP contribution is -2.40. The van der Waals surface area contributed by atoms with Crippen molar-refractivity contribution in [2.75, 3.05) is 19.9 Å². The summed E-state index contributed by atoms with van der Waals surface area (Å²) < 4.78 is 12.9. The summed E-state index contributed by atoms with van der Waals surface area (Å²) >= 11 is 0. The maximum absolute atomic E-state index is 12.8. The van der Waals surface area contributed by atoms with Gasteiger partial charge in [-0.1, -0.05) is 6.07 Å². The van der Waals surface area contributed by atoms with E-state index in [4.69, 9.17) is 9.47 Å². The van der Waals surface area contributed by atoms with Gasteiger partial charge < -0.3 is 18.9 Å². The molecule has 22 heavy (non-hydrogen) atoms. The van der Waals surface area contributed by atoms with Gasteiger partial charge in [0.2, 0.25) is 6.79 Å². The average Bonchev–Trinajstić information content (AvgIpc) is 3.25. The molecule has 1 aromatic heterocycles. The van der Waals surface area contributed by atoms with Gasteiger partial charge >= 0.3 is 0 Å². The van der Waals surface area contributed by atoms with Gasteiger partial charge in [0.25, 0.3) is 5.91 Å². The van der Waals surface area contributed by atoms with Crippen LogP contribution in [0.3, 0.4) is 0 Å². The molecule has 6 heteroatoms. The first-order valence-corrected chi connectivity index (χ1v) is 7.48. The molecule has 0 radical (unpaired) electrons. The molecule has 0 aliphatic carbocycles. The smallest absolute Gasteiger partial charge is 0.257 e. The first-order chi connectivity index (χ1) is 10.8. The van der Waals surface area contributed by atoms with Crippen LogP contribution in [0.1, 0.15) is 29.2 Å². The third kappa shape index (κ3) is 2.20. The Hall–Kier alpha value is -2.50. The van der Waals surface area contributed by atoms with Crippen molar-refractivity contribution in [3.63, 3.8) is 0 Å². The molecule has 2 aliphatic rings. The first-order valence-electron chi connectivity index (χ1n) is 7.48. The summed E-state index contributed by atoms with van der Waals surface area (Å²) in [6.07, 6.45) is 7.59. The highest BCUT2D eigenvalue weighted by Gasteiger charge is 2.29. The summed E-state index contributed by atoms with van der Waals surface area (Å²) in [6, 6.07) is 5.74. The fourth-order valence-corrected chi connectivity index (χ4v) is 3.14. The Kier molecular flexibility index (Phi) is 3.21. The topological polar surface area (TPSA) is 56.6 Å². The molecular formula is C16H17N3O3. The number of benzene rings is 1. The molecule has 4 rings (SSSR count). The summed E-state index contributed by atoms with van der Waals surface area (Å²) in [5.41, 5.74) is 0.585. The lowest BCUT2D eigenvalue weighted by Gasteiger charge is -2.33. The number of hydrogen-bond donors (Lipinski definition) is 0. The van der Waals surface area contributed by atoms with Crippen molar-refractivity contribution >= 4 is 5.91 Å². The minimum atomic E-state index is 0.00663. The van der Waals surface area contributed by atoms with Gasteiger partial charge in [-0.15, -0.1) is 0 Å². The zero-order chi connectivity index (χ0) is 14.9. The van der Waals surface area contributed by atoms with Gasteiger partial charge in [-0.3, -0.25) is 4.79 Å². The quantitative estimate of drug-likeness (QED) is 0.852. The second-order valence-corrected chi connectivity index (χ2v) is 5.60. The summed E-state index contributed by atoms with van der Waals surface area (Å²) in [5, 5.41) is 0. The second-order valence-electron chi connectivity index (χ2n) is 5.60. The number of para-hydroxylation sites is 1. The molecule has 1 unspecified atom stereocenters. The predicted molar refractivity (Wildman–Crippen MR) is 79.0 cm³/mol. The fourth-order valence-electron chi connectivity index (χ4n) is 3.14. The maximum atomic E-state index is 12.8. The van der Waals surface area contributed by atoms with Crippen LogP contribution in [0.25, 0.3) is 0 Å². The molecule has 1 amide bonds. The summed E-state index contributed by atoms with van der Waals surface area (Å²) in [5.74, 6) is 1.22. The van der Waals surface area contributed by atoms with Gasteiger partial charge in [0.1, 0.15) is 0 Å². The highest BCUT2D eigenvalue weighted by atomic mass is 16.7. The van der Waals surface area contributed by atoms with Crippen molar-refractivity contribution in [3.05, 3.63) is 42.5 Å². The average molecular weight is 299 g/mol. The largest absolute Gasteiger partial charge is 0.454 e. The van der Waals surface area contributed by atoms with Gasteiger partial charge in [-0.05, 0) is 25.0 Å². The summed E-state index contributed by atoms with van der Waals surface area (Å²) in [4.78, 5) is 18.8. The molecule has 0 saturated carbocycles. The number of likely N-dealkylation sites (tertiary alicyclic amines) is 1. The van der Waals surface area contributed by atoms with Crippen molar-refractivity contribution in [3.8, 4) is 11.5 Å². The second kappa shape index (κ2) is 5.36. The summed E-state index contributed by atoms with van der Waals surface area (Å²) in [7, 11) is 0. The van der Waals surface area contributed by atoms with Crippen LogP contribution in [0.15, 0.2) is 36.9 Å². The van der Waals surface area contributed by atoms with E-state index in [0.29, 0.717) is 23.6 Å². The molecule has 1 atom stereocenters. The molecule has 6 nitrogen and oxygen atoms in total. The molecular weight excluding hydrogens is 282 g/mol. The Bertz CT molecular complexity index is 684. The van der Waals surface area contributed by atoms with E-state index in [1.807, 2.05) is 29.6 Å². The normalized spacial score (nSPS) is 20.2. The maximum Gasteiger partial charge on any atom is 0.257 e. The zero-order valence-electron chi connectivity index (χ0n) is 12.1. The number of amides is 1. The standard InChI is InChI=1S/C16H17N3O3/c20-16(13-4-1-5-14-15(13)22-11-21-14)18-7-2-3-12(9-18)19-8-6-17-10-19/h1,4-6,8,10,12H,2-3,7,9,11H2. The molecule has 0 bridgehead atoms. The number of hydrogen-bond acceptors (Lipinski definition) is 4. The van der Waals surface area contributed by atoms with E-state index in [1.54, 1.807) is 12.3 Å². The van der Waals surface area contributed by atoms with Crippen molar-refractivity contribution < 1.29 is 14.3 Å². The van der Waals surface area contributed by atoms with E-state index in [1.165, 1.54) is 0 Å². The van der Waals surface area contributed by atoms with Crippen LogP contribution in [0.5, 0.6) is 11.5 Å². The van der Waals surface area contributed by atoms with Crippen molar-refractivity contribution in [2.24, 2.45) is 0 Å². The van der Waals surface area contributed by atoms with Crippen LogP contribution in [0.2, 0.25) is 0 Å². The first kappa shape index (κ1) is 13.2. The van der Waals surface area contributed by atoms with E-state index in [2.05, 4.69) is 9.55 Å². The number of nitrogens with zero attached hydrogens (tertiary/aromatic N) is 3. The van der Waals surface area contributed by atoms with Gasteiger partial charge in [0, 0.05) is 25.5 Å². The third-order valence-electron chi connectivity index (χ3n) is 4.26. The Labute approximate surface area is 128 Å². The number of aromatic nitrogens is 2. The van der Waals surface area contributed by atoms with E-state index in [0.717, 1.165) is 19.4 Å². The van der Waals surface area contributed by atoms with Crippen molar-refractivity contribution in [2.45, 2.75) is 18.9 Å². The van der Waals surface area contributed by atoms with E-state index in [9.17, 15) is 4.79 Å². The van der Waals surface area contributed by atoms with E-state index < -0.39 is 0 Å². The molecule has 114 valence electrons. The SMILES string of the molecule is O=C(c1cccc2c1OCO2)N1CCCC(n2ccnc2)C1. The van der Waals surface area contributed by atoms with E-state index in [-0.39, 0.29) is 18.7 Å². The third-order valence-corrected chi connectivity index (χ3v) is 4.26. The van der Waals surface area contributed by atoms with Crippen molar-refractivity contribution in [1.29, 1.82) is 0 Å². The van der Waals surface area contributed by atoms with Crippen LogP contribution in [0.4, 0.5) is 0 Å². The zero-order valence-corrected chi connectivity index (χ0v) is 12.1. The lowest BCUT2D eigenvalue weighted by molar-refractivity contribution is 0.0675. The summed E-state index contributed by atoms with van der Waals surface area (Å²) in [6.45, 7) is 1.64. The predicted octanol–water partition coefficient (Wildman–Crippen LogP) is 2.09. The molecule has 2 aliphatic heterocycles. The molecule has 1 aromatic carbocycles. The minimum absolute atomic E-state index is 0.00663. The number of carbonyl (C=O) groups is 1. The molecule has 1 saturated heterocycles. The monoisotopic (exact) mass is 299 g/mol. The number of carbonyl (C=O) groups excluding carboxylic acids is 1. The van der Waals surface area contributed by atoms with Gasteiger partial charge in [-0.25, -0.2) is 4.98 Å². The molecule has 1 fully saturated rings. The number of piperidine rings is 1. The van der Waals surface area contributed by atoms with Gasteiger partial charge in [0.15, 0.2) is 11.5 Å². The molecule has 3 heterocycles. The minimum Gasteiger partial charge on any atom is -0.454 e. The van der Waals surface area contributed by atoms with Gasteiger partial charge in [-0.2, -0.15) is 0 Å². The van der Waals surface area contributed by atoms with Gasteiger partial charge in [0.05, 0.1) is 17.9 Å². The highest BCUT2D eigenvalue weighted by molar-refractivity contribution is 5.98. The van der Waals surface area contributed by atoms with Crippen molar-refractivity contribution in [1.82, 2.24) is 14.5 Å². The van der Waals surface area contributed by atoms with Crippen LogP contribution in [-0.2, 0) is 0 Å². The fraction of sp³-hybridized carbons (Fsp3) is 0.375. The Morgan fingerprint density at radius 2 is 2.27 bits per heavy atom. The van der Waals surface area contributed by atoms with E-state index >= 15 is 0 Å².